The highest BCUT2D eigenvalue weighted by Gasteiger charge is 2.13. The van der Waals surface area contributed by atoms with Gasteiger partial charge in [0.05, 0.1) is 11.9 Å². The van der Waals surface area contributed by atoms with Gasteiger partial charge in [0.2, 0.25) is 5.13 Å². The molecule has 1 aromatic carbocycles. The van der Waals surface area contributed by atoms with Gasteiger partial charge in [0.15, 0.2) is 0 Å². The first-order valence-corrected chi connectivity index (χ1v) is 7.89. The number of nitrogens with zero attached hydrogens (tertiary/aromatic N) is 4. The Morgan fingerprint density at radius 3 is 2.78 bits per heavy atom. The topological polar surface area (TPSA) is 72.2 Å². The van der Waals surface area contributed by atoms with Crippen molar-refractivity contribution >= 4 is 23.5 Å². The number of hydrazone groups is 1. The lowest BCUT2D eigenvalue weighted by molar-refractivity contribution is 0.0951. The summed E-state index contributed by atoms with van der Waals surface area (Å²) < 4.78 is 1.73. The van der Waals surface area contributed by atoms with Crippen molar-refractivity contribution in [1.82, 2.24) is 20.2 Å². The van der Waals surface area contributed by atoms with E-state index in [1.807, 2.05) is 50.2 Å². The molecule has 0 radical (unpaired) electrons. The molecule has 7 heteroatoms. The molecule has 1 amide bonds. The molecule has 116 valence electrons. The van der Waals surface area contributed by atoms with Gasteiger partial charge in [-0.25, -0.2) is 15.1 Å². The minimum Gasteiger partial charge on any atom is -0.266 e. The number of carbonyl (C=O) groups excluding carboxylic acids is 1. The first-order chi connectivity index (χ1) is 11.1. The quantitative estimate of drug-likeness (QED) is 0.592. The third-order valence-electron chi connectivity index (χ3n) is 3.09. The molecule has 2 aromatic heterocycles. The summed E-state index contributed by atoms with van der Waals surface area (Å²) in [7, 11) is 0. The van der Waals surface area contributed by atoms with Gasteiger partial charge in [-0.1, -0.05) is 30.3 Å². The second kappa shape index (κ2) is 6.53. The van der Waals surface area contributed by atoms with Crippen molar-refractivity contribution in [3.05, 3.63) is 64.4 Å². The van der Waals surface area contributed by atoms with E-state index in [1.165, 1.54) is 11.3 Å². The zero-order chi connectivity index (χ0) is 16.2. The number of carbonyl (C=O) groups is 1. The normalized spacial score (nSPS) is 11.0. The van der Waals surface area contributed by atoms with Crippen molar-refractivity contribution in [3.63, 3.8) is 0 Å². The molecular weight excluding hydrogens is 310 g/mol. The molecule has 0 saturated carbocycles. The van der Waals surface area contributed by atoms with Crippen LogP contribution in [-0.4, -0.2) is 26.9 Å². The lowest BCUT2D eigenvalue weighted by Gasteiger charge is -1.98. The second-order valence-electron chi connectivity index (χ2n) is 4.96. The number of benzene rings is 1. The SMILES string of the molecule is Cc1cc(C)n(-c2nc(C(=O)NN=Cc3ccccc3)cs2)n1. The number of aromatic nitrogens is 3. The van der Waals surface area contributed by atoms with Crippen LogP contribution in [0.15, 0.2) is 46.9 Å². The molecular formula is C16H15N5OS. The molecule has 3 rings (SSSR count). The van der Waals surface area contributed by atoms with Gasteiger partial charge in [-0.3, -0.25) is 4.79 Å². The molecule has 0 bridgehead atoms. The van der Waals surface area contributed by atoms with Gasteiger partial charge in [-0.2, -0.15) is 10.2 Å². The fourth-order valence-electron chi connectivity index (χ4n) is 2.05. The van der Waals surface area contributed by atoms with Crippen molar-refractivity contribution in [2.45, 2.75) is 13.8 Å². The Bertz CT molecular complexity index is 850. The summed E-state index contributed by atoms with van der Waals surface area (Å²) in [6.45, 7) is 3.87. The molecule has 0 aliphatic carbocycles. The van der Waals surface area contributed by atoms with Crippen LogP contribution in [0.25, 0.3) is 5.13 Å². The van der Waals surface area contributed by atoms with E-state index in [9.17, 15) is 4.79 Å². The summed E-state index contributed by atoms with van der Waals surface area (Å²) in [4.78, 5) is 16.4. The van der Waals surface area contributed by atoms with Crippen LogP contribution in [0.2, 0.25) is 0 Å². The summed E-state index contributed by atoms with van der Waals surface area (Å²) in [5.74, 6) is -0.346. The number of rotatable bonds is 4. The smallest absolute Gasteiger partial charge is 0.266 e. The molecule has 6 nitrogen and oxygen atoms in total. The molecule has 0 aliphatic heterocycles. The Morgan fingerprint density at radius 2 is 2.09 bits per heavy atom. The van der Waals surface area contributed by atoms with E-state index < -0.39 is 0 Å². The van der Waals surface area contributed by atoms with Crippen LogP contribution in [0.4, 0.5) is 0 Å². The average Bonchev–Trinajstić information content (AvgIpc) is 3.14. The number of amides is 1. The number of hydrogen-bond donors (Lipinski definition) is 1. The highest BCUT2D eigenvalue weighted by atomic mass is 32.1. The third-order valence-corrected chi connectivity index (χ3v) is 3.91. The zero-order valence-corrected chi connectivity index (χ0v) is 13.5. The maximum Gasteiger partial charge on any atom is 0.290 e. The lowest BCUT2D eigenvalue weighted by Crippen LogP contribution is -2.18. The summed E-state index contributed by atoms with van der Waals surface area (Å²) >= 11 is 1.36. The Balaban J connectivity index is 1.69. The first-order valence-electron chi connectivity index (χ1n) is 7.01. The molecule has 0 unspecified atom stereocenters. The number of hydrogen-bond acceptors (Lipinski definition) is 5. The standard InChI is InChI=1S/C16H15N5OS/c1-11-8-12(2)21(20-11)16-18-14(10-23-16)15(22)19-17-9-13-6-4-3-5-7-13/h3-10H,1-2H3,(H,19,22). The number of aryl methyl sites for hydroxylation is 2. The lowest BCUT2D eigenvalue weighted by atomic mass is 10.2. The van der Waals surface area contributed by atoms with Gasteiger partial charge >= 0.3 is 0 Å². The first kappa shape index (κ1) is 15.1. The van der Waals surface area contributed by atoms with Gasteiger partial charge in [0.1, 0.15) is 5.69 Å². The van der Waals surface area contributed by atoms with Crippen molar-refractivity contribution in [2.75, 3.05) is 0 Å². The highest BCUT2D eigenvalue weighted by Crippen LogP contribution is 2.17. The largest absolute Gasteiger partial charge is 0.290 e. The van der Waals surface area contributed by atoms with Gasteiger partial charge in [0.25, 0.3) is 5.91 Å². The second-order valence-corrected chi connectivity index (χ2v) is 5.80. The minimum atomic E-state index is -0.346. The highest BCUT2D eigenvalue weighted by molar-refractivity contribution is 7.12. The van der Waals surface area contributed by atoms with Crippen molar-refractivity contribution < 1.29 is 4.79 Å². The van der Waals surface area contributed by atoms with Gasteiger partial charge in [-0.05, 0) is 25.5 Å². The summed E-state index contributed by atoms with van der Waals surface area (Å²) in [5.41, 5.74) is 5.60. The minimum absolute atomic E-state index is 0.322. The van der Waals surface area contributed by atoms with Crippen molar-refractivity contribution in [3.8, 4) is 5.13 Å². The Kier molecular flexibility index (Phi) is 4.29. The molecule has 0 aliphatic rings. The van der Waals surface area contributed by atoms with E-state index in [-0.39, 0.29) is 5.91 Å². The third kappa shape index (κ3) is 3.51. The van der Waals surface area contributed by atoms with Gasteiger partial charge in [0, 0.05) is 11.1 Å². The van der Waals surface area contributed by atoms with Crippen LogP contribution in [0, 0.1) is 13.8 Å². The van der Waals surface area contributed by atoms with Crippen molar-refractivity contribution in [1.29, 1.82) is 0 Å². The van der Waals surface area contributed by atoms with Crippen LogP contribution in [0.5, 0.6) is 0 Å². The van der Waals surface area contributed by atoms with Crippen LogP contribution in [-0.2, 0) is 0 Å². The summed E-state index contributed by atoms with van der Waals surface area (Å²) in [6, 6.07) is 11.5. The Hall–Kier alpha value is -2.80. The molecule has 2 heterocycles. The van der Waals surface area contributed by atoms with Crippen LogP contribution in [0.3, 0.4) is 0 Å². The average molecular weight is 325 g/mol. The molecule has 3 aromatic rings. The molecule has 0 spiro atoms. The number of thiazole rings is 1. The summed E-state index contributed by atoms with van der Waals surface area (Å²) in [6.07, 6.45) is 1.59. The van der Waals surface area contributed by atoms with Crippen LogP contribution >= 0.6 is 11.3 Å². The monoisotopic (exact) mass is 325 g/mol. The predicted molar refractivity (Wildman–Crippen MR) is 90.2 cm³/mol. The maximum atomic E-state index is 12.1. The van der Waals surface area contributed by atoms with E-state index in [2.05, 4.69) is 20.6 Å². The molecule has 23 heavy (non-hydrogen) atoms. The fourth-order valence-corrected chi connectivity index (χ4v) is 2.86. The Morgan fingerprint density at radius 1 is 1.30 bits per heavy atom. The predicted octanol–water partition coefficient (Wildman–Crippen LogP) is 2.71. The zero-order valence-electron chi connectivity index (χ0n) is 12.7. The molecule has 0 saturated heterocycles. The number of nitrogens with one attached hydrogen (secondary N) is 1. The molecule has 1 N–H and O–H groups in total. The summed E-state index contributed by atoms with van der Waals surface area (Å²) in [5, 5.41) is 10.7. The van der Waals surface area contributed by atoms with E-state index in [0.717, 1.165) is 17.0 Å². The van der Waals surface area contributed by atoms with E-state index in [4.69, 9.17) is 0 Å². The maximum absolute atomic E-state index is 12.1. The molecule has 0 fully saturated rings. The van der Waals surface area contributed by atoms with Gasteiger partial charge < -0.3 is 0 Å². The van der Waals surface area contributed by atoms with E-state index >= 15 is 0 Å². The van der Waals surface area contributed by atoms with Crippen molar-refractivity contribution in [2.24, 2.45) is 5.10 Å². The van der Waals surface area contributed by atoms with E-state index in [1.54, 1.807) is 16.3 Å². The Labute approximate surface area is 137 Å². The van der Waals surface area contributed by atoms with E-state index in [0.29, 0.717) is 10.8 Å². The molecule has 0 atom stereocenters. The van der Waals surface area contributed by atoms with Crippen LogP contribution < -0.4 is 5.43 Å². The fraction of sp³-hybridized carbons (Fsp3) is 0.125. The van der Waals surface area contributed by atoms with Gasteiger partial charge in [-0.15, -0.1) is 11.3 Å². The van der Waals surface area contributed by atoms with Crippen LogP contribution in [0.1, 0.15) is 27.4 Å².